The third-order valence-electron chi connectivity index (χ3n) is 2.07. The standard InChI is InChI=1S/C12H10O2.H3O4P/c13-11-5-1-9(2-6-11)10-3-7-12(14)8-4-10;1-5(2,3)4/h1-8,13-14H;(H3,1,2,3,4). The molecule has 0 amide bonds. The van der Waals surface area contributed by atoms with Crippen LogP contribution in [0.3, 0.4) is 0 Å². The van der Waals surface area contributed by atoms with Gasteiger partial charge in [-0.05, 0) is 35.4 Å². The van der Waals surface area contributed by atoms with E-state index in [1.807, 2.05) is 24.3 Å². The monoisotopic (exact) mass is 284 g/mol. The van der Waals surface area contributed by atoms with Crippen molar-refractivity contribution < 1.29 is 29.5 Å². The van der Waals surface area contributed by atoms with Crippen LogP contribution in [0.15, 0.2) is 48.5 Å². The maximum absolute atomic E-state index is 9.11. The van der Waals surface area contributed by atoms with Crippen molar-refractivity contribution in [3.63, 3.8) is 0 Å². The summed E-state index contributed by atoms with van der Waals surface area (Å²) in [6.45, 7) is 0. The second-order valence-electron chi connectivity index (χ2n) is 3.61. The average molecular weight is 284 g/mol. The molecule has 0 aliphatic heterocycles. The predicted octanol–water partition coefficient (Wildman–Crippen LogP) is 1.84. The van der Waals surface area contributed by atoms with Gasteiger partial charge in [0.2, 0.25) is 0 Å². The molecular formula is C12H13O6P. The molecule has 2 aromatic carbocycles. The van der Waals surface area contributed by atoms with Gasteiger partial charge >= 0.3 is 7.82 Å². The smallest absolute Gasteiger partial charge is 0.466 e. The Kier molecular flexibility index (Phi) is 5.09. The molecule has 0 aliphatic rings. The van der Waals surface area contributed by atoms with E-state index >= 15 is 0 Å². The first-order chi connectivity index (χ1) is 8.75. The van der Waals surface area contributed by atoms with Crippen LogP contribution in [0.1, 0.15) is 0 Å². The highest BCUT2D eigenvalue weighted by atomic mass is 31.2. The van der Waals surface area contributed by atoms with Crippen LogP contribution in [0.5, 0.6) is 11.5 Å². The minimum Gasteiger partial charge on any atom is -0.508 e. The highest BCUT2D eigenvalue weighted by molar-refractivity contribution is 7.45. The van der Waals surface area contributed by atoms with Crippen molar-refractivity contribution in [3.8, 4) is 22.6 Å². The van der Waals surface area contributed by atoms with Crippen LogP contribution >= 0.6 is 7.82 Å². The van der Waals surface area contributed by atoms with Crippen LogP contribution in [0.4, 0.5) is 0 Å². The van der Waals surface area contributed by atoms with Crippen LogP contribution in [0.2, 0.25) is 0 Å². The van der Waals surface area contributed by atoms with Gasteiger partial charge in [0.05, 0.1) is 0 Å². The second-order valence-corrected chi connectivity index (χ2v) is 4.63. The minimum atomic E-state index is -4.64. The van der Waals surface area contributed by atoms with E-state index in [9.17, 15) is 0 Å². The van der Waals surface area contributed by atoms with Crippen LogP contribution in [0, 0.1) is 0 Å². The van der Waals surface area contributed by atoms with Crippen molar-refractivity contribution in [1.82, 2.24) is 0 Å². The Labute approximate surface area is 109 Å². The Morgan fingerprint density at radius 2 is 0.842 bits per heavy atom. The number of benzene rings is 2. The molecule has 0 radical (unpaired) electrons. The lowest BCUT2D eigenvalue weighted by atomic mass is 10.1. The molecule has 6 nitrogen and oxygen atoms in total. The van der Waals surface area contributed by atoms with Crippen molar-refractivity contribution in [2.75, 3.05) is 0 Å². The third kappa shape index (κ3) is 6.59. The fourth-order valence-corrected chi connectivity index (χ4v) is 1.31. The number of phosphoric acid groups is 1. The quantitative estimate of drug-likeness (QED) is 0.510. The molecule has 0 saturated carbocycles. The molecule has 0 fully saturated rings. The lowest BCUT2D eigenvalue weighted by Crippen LogP contribution is -1.75. The van der Waals surface area contributed by atoms with Crippen molar-refractivity contribution in [3.05, 3.63) is 48.5 Å². The van der Waals surface area contributed by atoms with E-state index in [4.69, 9.17) is 29.5 Å². The summed E-state index contributed by atoms with van der Waals surface area (Å²) >= 11 is 0. The summed E-state index contributed by atoms with van der Waals surface area (Å²) in [4.78, 5) is 21.6. The molecule has 0 atom stereocenters. The van der Waals surface area contributed by atoms with E-state index in [0.717, 1.165) is 11.1 Å². The number of rotatable bonds is 1. The average Bonchev–Trinajstić information content (AvgIpc) is 2.29. The molecule has 0 unspecified atom stereocenters. The van der Waals surface area contributed by atoms with E-state index in [0.29, 0.717) is 0 Å². The van der Waals surface area contributed by atoms with Crippen LogP contribution in [-0.4, -0.2) is 24.9 Å². The number of hydrogen-bond donors (Lipinski definition) is 5. The SMILES string of the molecule is O=P(O)(O)O.Oc1ccc(-c2ccc(O)cc2)cc1. The summed E-state index contributed by atoms with van der Waals surface area (Å²) in [5, 5.41) is 18.2. The van der Waals surface area contributed by atoms with Gasteiger partial charge in [-0.15, -0.1) is 0 Å². The van der Waals surface area contributed by atoms with Crippen molar-refractivity contribution >= 4 is 7.82 Å². The summed E-state index contributed by atoms with van der Waals surface area (Å²) in [5.74, 6) is 0.514. The van der Waals surface area contributed by atoms with Crippen LogP contribution < -0.4 is 0 Å². The summed E-state index contributed by atoms with van der Waals surface area (Å²) < 4.78 is 8.88. The fraction of sp³-hybridized carbons (Fsp3) is 0. The largest absolute Gasteiger partial charge is 0.508 e. The van der Waals surface area contributed by atoms with Crippen LogP contribution in [0.25, 0.3) is 11.1 Å². The number of hydrogen-bond acceptors (Lipinski definition) is 3. The lowest BCUT2D eigenvalue weighted by molar-refractivity contribution is 0.275. The summed E-state index contributed by atoms with van der Waals surface area (Å²) in [7, 11) is -4.64. The Balaban J connectivity index is 0.000000312. The lowest BCUT2D eigenvalue weighted by Gasteiger charge is -2.01. The maximum Gasteiger partial charge on any atom is 0.466 e. The van der Waals surface area contributed by atoms with Gasteiger partial charge in [0.15, 0.2) is 0 Å². The number of aromatic hydroxyl groups is 2. The van der Waals surface area contributed by atoms with Crippen molar-refractivity contribution in [2.24, 2.45) is 0 Å². The Morgan fingerprint density at radius 3 is 1.05 bits per heavy atom. The molecule has 0 spiro atoms. The third-order valence-corrected chi connectivity index (χ3v) is 2.07. The van der Waals surface area contributed by atoms with E-state index in [1.54, 1.807) is 24.3 Å². The van der Waals surface area contributed by atoms with Gasteiger partial charge in [0.25, 0.3) is 0 Å². The zero-order valence-electron chi connectivity index (χ0n) is 9.71. The highest BCUT2D eigenvalue weighted by Gasteiger charge is 2.00. The minimum absolute atomic E-state index is 0.257. The summed E-state index contributed by atoms with van der Waals surface area (Å²) in [6.07, 6.45) is 0. The van der Waals surface area contributed by atoms with Gasteiger partial charge in [-0.2, -0.15) is 0 Å². The molecule has 2 rings (SSSR count). The molecule has 0 aliphatic carbocycles. The summed E-state index contributed by atoms with van der Waals surface area (Å²) in [6, 6.07) is 13.9. The molecule has 0 bridgehead atoms. The fourth-order valence-electron chi connectivity index (χ4n) is 1.31. The van der Waals surface area contributed by atoms with Gasteiger partial charge in [0, 0.05) is 0 Å². The molecule has 2 aromatic rings. The van der Waals surface area contributed by atoms with E-state index in [1.165, 1.54) is 0 Å². The van der Waals surface area contributed by atoms with Crippen molar-refractivity contribution in [1.29, 1.82) is 0 Å². The first kappa shape index (κ1) is 15.2. The van der Waals surface area contributed by atoms with Crippen molar-refractivity contribution in [2.45, 2.75) is 0 Å². The van der Waals surface area contributed by atoms with Gasteiger partial charge in [0.1, 0.15) is 11.5 Å². The first-order valence-electron chi connectivity index (χ1n) is 5.12. The number of phenolic OH excluding ortho intramolecular Hbond substituents is 2. The van der Waals surface area contributed by atoms with Gasteiger partial charge in [-0.3, -0.25) is 0 Å². The highest BCUT2D eigenvalue weighted by Crippen LogP contribution is 2.26. The molecule has 7 heteroatoms. The van der Waals surface area contributed by atoms with Gasteiger partial charge in [-0.1, -0.05) is 24.3 Å². The van der Waals surface area contributed by atoms with E-state index in [-0.39, 0.29) is 11.5 Å². The molecule has 0 aromatic heterocycles. The first-order valence-corrected chi connectivity index (χ1v) is 6.69. The maximum atomic E-state index is 9.11. The Morgan fingerprint density at radius 1 is 0.632 bits per heavy atom. The molecule has 0 heterocycles. The van der Waals surface area contributed by atoms with E-state index < -0.39 is 7.82 Å². The molecule has 5 N–H and O–H groups in total. The van der Waals surface area contributed by atoms with E-state index in [2.05, 4.69) is 0 Å². The zero-order valence-corrected chi connectivity index (χ0v) is 10.6. The Hall–Kier alpha value is -1.85. The summed E-state index contributed by atoms with van der Waals surface area (Å²) in [5.41, 5.74) is 2.03. The predicted molar refractivity (Wildman–Crippen MR) is 69.5 cm³/mol. The molecule has 102 valence electrons. The number of phenols is 2. The van der Waals surface area contributed by atoms with Crippen LogP contribution in [-0.2, 0) is 4.57 Å². The normalized spacial score (nSPS) is 10.5. The van der Waals surface area contributed by atoms with Gasteiger partial charge in [-0.25, -0.2) is 4.57 Å². The molecular weight excluding hydrogens is 271 g/mol. The molecule has 19 heavy (non-hydrogen) atoms. The topological polar surface area (TPSA) is 118 Å². The Bertz CT molecular complexity index is 506. The van der Waals surface area contributed by atoms with Gasteiger partial charge < -0.3 is 24.9 Å². The second kappa shape index (κ2) is 6.36. The zero-order chi connectivity index (χ0) is 14.5. The molecule has 0 saturated heterocycles.